The van der Waals surface area contributed by atoms with E-state index in [1.54, 1.807) is 0 Å². The third kappa shape index (κ3) is 10.3. The van der Waals surface area contributed by atoms with E-state index < -0.39 is 5.97 Å². The lowest BCUT2D eigenvalue weighted by molar-refractivity contribution is -0.134. The fourth-order valence-electron chi connectivity index (χ4n) is 1.84. The number of nitrogens with zero attached hydrogens (tertiary/aromatic N) is 2. The van der Waals surface area contributed by atoms with Crippen molar-refractivity contribution in [2.24, 2.45) is 0 Å². The van der Waals surface area contributed by atoms with Gasteiger partial charge in [0.25, 0.3) is 5.97 Å². The Balaban J connectivity index is 0.000000557. The Labute approximate surface area is 106 Å². The minimum absolute atomic E-state index is 0.833. The summed E-state index contributed by atoms with van der Waals surface area (Å²) in [5.74, 6) is -0.833. The third-order valence-electron chi connectivity index (χ3n) is 2.79. The summed E-state index contributed by atoms with van der Waals surface area (Å²) in [5.41, 5.74) is 0. The van der Waals surface area contributed by atoms with Crippen LogP contribution in [0.4, 0.5) is 0 Å². The van der Waals surface area contributed by atoms with Crippen LogP contribution in [0.1, 0.15) is 46.5 Å². The van der Waals surface area contributed by atoms with Crippen molar-refractivity contribution in [2.45, 2.75) is 46.5 Å². The van der Waals surface area contributed by atoms with Crippen molar-refractivity contribution < 1.29 is 9.90 Å². The van der Waals surface area contributed by atoms with Crippen LogP contribution in [0.5, 0.6) is 0 Å². The largest absolute Gasteiger partial charge is 0.481 e. The molecule has 0 aromatic carbocycles. The highest BCUT2D eigenvalue weighted by Gasteiger charge is 2.17. The van der Waals surface area contributed by atoms with E-state index in [4.69, 9.17) is 9.90 Å². The lowest BCUT2D eigenvalue weighted by Gasteiger charge is -2.17. The Kier molecular flexibility index (Phi) is 10.2. The Hall–Kier alpha value is -0.610. The van der Waals surface area contributed by atoms with Crippen LogP contribution in [-0.2, 0) is 4.79 Å². The number of carboxylic acids is 1. The van der Waals surface area contributed by atoms with Gasteiger partial charge in [0, 0.05) is 20.0 Å². The third-order valence-corrected chi connectivity index (χ3v) is 2.79. The molecule has 0 amide bonds. The smallest absolute Gasteiger partial charge is 0.300 e. The number of carbonyl (C=O) groups is 1. The second-order valence-corrected chi connectivity index (χ2v) is 4.60. The average molecular weight is 244 g/mol. The van der Waals surface area contributed by atoms with Gasteiger partial charge < -0.3 is 5.11 Å². The van der Waals surface area contributed by atoms with Crippen LogP contribution in [-0.4, -0.2) is 53.7 Å². The summed E-state index contributed by atoms with van der Waals surface area (Å²) >= 11 is 0. The molecule has 0 radical (unpaired) electrons. The van der Waals surface area contributed by atoms with Gasteiger partial charge in [0.05, 0.1) is 6.67 Å². The van der Waals surface area contributed by atoms with Crippen LogP contribution < -0.4 is 0 Å². The van der Waals surface area contributed by atoms with Crippen molar-refractivity contribution >= 4 is 5.97 Å². The highest BCUT2D eigenvalue weighted by atomic mass is 16.4. The summed E-state index contributed by atoms with van der Waals surface area (Å²) in [6, 6.07) is 0. The van der Waals surface area contributed by atoms with Crippen LogP contribution >= 0.6 is 0 Å². The van der Waals surface area contributed by atoms with Gasteiger partial charge in [-0.05, 0) is 25.9 Å². The maximum absolute atomic E-state index is 9.00. The van der Waals surface area contributed by atoms with Crippen molar-refractivity contribution in [3.63, 3.8) is 0 Å². The molecule has 1 aliphatic heterocycles. The summed E-state index contributed by atoms with van der Waals surface area (Å²) < 4.78 is 0. The maximum Gasteiger partial charge on any atom is 0.300 e. The summed E-state index contributed by atoms with van der Waals surface area (Å²) in [6.45, 7) is 12.0. The lowest BCUT2D eigenvalue weighted by Crippen LogP contribution is -2.26. The van der Waals surface area contributed by atoms with E-state index in [1.807, 2.05) is 0 Å². The zero-order chi connectivity index (χ0) is 13.1. The number of hydrogen-bond donors (Lipinski definition) is 1. The molecule has 4 nitrogen and oxygen atoms in total. The molecule has 1 N–H and O–H groups in total. The van der Waals surface area contributed by atoms with Gasteiger partial charge in [-0.3, -0.25) is 14.6 Å². The number of carboxylic acid groups (broad SMARTS) is 1. The van der Waals surface area contributed by atoms with Gasteiger partial charge in [-0.2, -0.15) is 0 Å². The first-order valence-electron chi connectivity index (χ1n) is 6.74. The second kappa shape index (κ2) is 10.5. The van der Waals surface area contributed by atoms with Gasteiger partial charge in [0.1, 0.15) is 0 Å². The first kappa shape index (κ1) is 16.4. The zero-order valence-electron chi connectivity index (χ0n) is 11.6. The van der Waals surface area contributed by atoms with Gasteiger partial charge in [-0.15, -0.1) is 0 Å². The first-order valence-corrected chi connectivity index (χ1v) is 6.74. The van der Waals surface area contributed by atoms with E-state index in [1.165, 1.54) is 58.5 Å². The first-order chi connectivity index (χ1) is 8.10. The fourth-order valence-corrected chi connectivity index (χ4v) is 1.84. The normalized spacial score (nSPS) is 16.6. The molecule has 0 saturated carbocycles. The van der Waals surface area contributed by atoms with Gasteiger partial charge in [0.2, 0.25) is 0 Å². The van der Waals surface area contributed by atoms with Crippen molar-refractivity contribution in [2.75, 3.05) is 32.8 Å². The second-order valence-electron chi connectivity index (χ2n) is 4.60. The molecule has 0 aliphatic carbocycles. The molecule has 0 atom stereocenters. The fraction of sp³-hybridized carbons (Fsp3) is 0.923. The minimum Gasteiger partial charge on any atom is -0.481 e. The SMILES string of the molecule is CC(=O)O.CCCCN1CCN(CCCC)C1. The van der Waals surface area contributed by atoms with Crippen LogP contribution in [0.3, 0.4) is 0 Å². The van der Waals surface area contributed by atoms with E-state index in [9.17, 15) is 0 Å². The van der Waals surface area contributed by atoms with Crippen LogP contribution in [0.25, 0.3) is 0 Å². The van der Waals surface area contributed by atoms with Crippen molar-refractivity contribution in [1.29, 1.82) is 0 Å². The molecule has 17 heavy (non-hydrogen) atoms. The molecule has 0 bridgehead atoms. The Morgan fingerprint density at radius 3 is 1.71 bits per heavy atom. The molecule has 0 aromatic rings. The van der Waals surface area contributed by atoms with E-state index in [-0.39, 0.29) is 0 Å². The molecular formula is C13H28N2O2. The molecule has 102 valence electrons. The molecule has 1 heterocycles. The van der Waals surface area contributed by atoms with E-state index in [0.717, 1.165) is 6.92 Å². The van der Waals surface area contributed by atoms with Gasteiger partial charge in [-0.1, -0.05) is 26.7 Å². The lowest BCUT2D eigenvalue weighted by atomic mass is 10.3. The topological polar surface area (TPSA) is 43.8 Å². The molecule has 1 saturated heterocycles. The number of unbranched alkanes of at least 4 members (excludes halogenated alkanes) is 2. The Morgan fingerprint density at radius 1 is 1.06 bits per heavy atom. The van der Waals surface area contributed by atoms with Gasteiger partial charge in [0.15, 0.2) is 0 Å². The number of aliphatic carboxylic acids is 1. The monoisotopic (exact) mass is 244 g/mol. The van der Waals surface area contributed by atoms with Crippen molar-refractivity contribution in [3.05, 3.63) is 0 Å². The quantitative estimate of drug-likeness (QED) is 0.778. The molecule has 0 spiro atoms. The Morgan fingerprint density at radius 2 is 1.41 bits per heavy atom. The number of rotatable bonds is 6. The van der Waals surface area contributed by atoms with Gasteiger partial charge >= 0.3 is 0 Å². The van der Waals surface area contributed by atoms with Crippen molar-refractivity contribution in [1.82, 2.24) is 9.80 Å². The summed E-state index contributed by atoms with van der Waals surface area (Å²) in [5, 5.41) is 7.42. The van der Waals surface area contributed by atoms with Crippen molar-refractivity contribution in [3.8, 4) is 0 Å². The molecule has 1 aliphatic rings. The summed E-state index contributed by atoms with van der Waals surface area (Å²) in [6.07, 6.45) is 5.38. The van der Waals surface area contributed by atoms with Crippen LogP contribution in [0.15, 0.2) is 0 Å². The van der Waals surface area contributed by atoms with E-state index >= 15 is 0 Å². The molecule has 0 unspecified atom stereocenters. The maximum atomic E-state index is 9.00. The van der Waals surface area contributed by atoms with Gasteiger partial charge in [-0.25, -0.2) is 0 Å². The average Bonchev–Trinajstić information content (AvgIpc) is 2.70. The van der Waals surface area contributed by atoms with Crippen LogP contribution in [0.2, 0.25) is 0 Å². The Bertz CT molecular complexity index is 180. The van der Waals surface area contributed by atoms with E-state index in [2.05, 4.69) is 23.6 Å². The molecule has 1 fully saturated rings. The highest BCUT2D eigenvalue weighted by Crippen LogP contribution is 2.07. The summed E-state index contributed by atoms with van der Waals surface area (Å²) in [4.78, 5) is 14.2. The molecule has 4 heteroatoms. The minimum atomic E-state index is -0.833. The highest BCUT2D eigenvalue weighted by molar-refractivity contribution is 5.62. The molecular weight excluding hydrogens is 216 g/mol. The predicted octanol–water partition coefficient (Wildman–Crippen LogP) is 2.25. The number of hydrogen-bond acceptors (Lipinski definition) is 3. The summed E-state index contributed by atoms with van der Waals surface area (Å²) in [7, 11) is 0. The van der Waals surface area contributed by atoms with Crippen LogP contribution in [0, 0.1) is 0 Å². The molecule has 1 rings (SSSR count). The molecule has 0 aromatic heterocycles. The van der Waals surface area contributed by atoms with E-state index in [0.29, 0.717) is 0 Å². The standard InChI is InChI=1S/C11H24N2.C2H4O2/c1-3-5-7-12-9-10-13(11-12)8-6-4-2;1-2(3)4/h3-11H2,1-2H3;1H3,(H,3,4). The predicted molar refractivity (Wildman–Crippen MR) is 71.1 cm³/mol. The zero-order valence-corrected chi connectivity index (χ0v) is 11.6.